The maximum absolute atomic E-state index is 10.9. The Morgan fingerprint density at radius 2 is 1.46 bits per heavy atom. The first-order chi connectivity index (χ1) is 12.7. The number of carbonyl (C=O) groups is 1. The van der Waals surface area contributed by atoms with Crippen LogP contribution in [0.2, 0.25) is 0 Å². The Morgan fingerprint density at radius 3 is 1.96 bits per heavy atom. The molecule has 0 aromatic heterocycles. The summed E-state index contributed by atoms with van der Waals surface area (Å²) in [5.41, 5.74) is 2.18. The van der Waals surface area contributed by atoms with Gasteiger partial charge in [-0.3, -0.25) is 4.79 Å². The molecule has 138 valence electrons. The van der Waals surface area contributed by atoms with E-state index in [1.165, 1.54) is 6.92 Å². The van der Waals surface area contributed by atoms with Gasteiger partial charge in [-0.1, -0.05) is 60.7 Å². The number of carbonyl (C=O) groups excluding carboxylic acids is 1. The summed E-state index contributed by atoms with van der Waals surface area (Å²) >= 11 is 0. The van der Waals surface area contributed by atoms with Crippen molar-refractivity contribution >= 4 is 5.97 Å². The molecule has 1 heterocycles. The van der Waals surface area contributed by atoms with Crippen molar-refractivity contribution in [1.82, 2.24) is 0 Å². The summed E-state index contributed by atoms with van der Waals surface area (Å²) in [5.74, 6) is -0.295. The van der Waals surface area contributed by atoms with E-state index >= 15 is 0 Å². The summed E-state index contributed by atoms with van der Waals surface area (Å²) in [5, 5.41) is 0. The van der Waals surface area contributed by atoms with E-state index in [1.807, 2.05) is 60.7 Å². The van der Waals surface area contributed by atoms with Crippen LogP contribution in [0.25, 0.3) is 0 Å². The van der Waals surface area contributed by atoms with Gasteiger partial charge < -0.3 is 18.9 Å². The van der Waals surface area contributed by atoms with Crippen LogP contribution in [0, 0.1) is 0 Å². The second-order valence-corrected chi connectivity index (χ2v) is 6.27. The van der Waals surface area contributed by atoms with Gasteiger partial charge in [0.1, 0.15) is 12.7 Å². The van der Waals surface area contributed by atoms with E-state index in [9.17, 15) is 4.79 Å². The minimum Gasteiger partial charge on any atom is -0.463 e. The van der Waals surface area contributed by atoms with Gasteiger partial charge in [-0.05, 0) is 11.1 Å². The van der Waals surface area contributed by atoms with Gasteiger partial charge in [-0.25, -0.2) is 0 Å². The van der Waals surface area contributed by atoms with Gasteiger partial charge in [0.25, 0.3) is 0 Å². The SMILES string of the molecule is CC(=O)OC[C@H]1O[C@@H]1CC(OCc1ccccc1)OCc1ccccc1. The van der Waals surface area contributed by atoms with Crippen molar-refractivity contribution < 1.29 is 23.7 Å². The molecule has 5 nitrogen and oxygen atoms in total. The van der Waals surface area contributed by atoms with Crippen LogP contribution in [0.1, 0.15) is 24.5 Å². The second kappa shape index (κ2) is 9.48. The van der Waals surface area contributed by atoms with Crippen LogP contribution in [0.3, 0.4) is 0 Å². The lowest BCUT2D eigenvalue weighted by molar-refractivity contribution is -0.162. The van der Waals surface area contributed by atoms with E-state index in [1.54, 1.807) is 0 Å². The van der Waals surface area contributed by atoms with E-state index in [0.717, 1.165) is 11.1 Å². The van der Waals surface area contributed by atoms with E-state index in [2.05, 4.69) is 0 Å². The Kier molecular flexibility index (Phi) is 6.77. The molecule has 2 aromatic carbocycles. The van der Waals surface area contributed by atoms with Crippen LogP contribution < -0.4 is 0 Å². The van der Waals surface area contributed by atoms with Crippen molar-refractivity contribution in [2.45, 2.75) is 45.1 Å². The molecule has 0 spiro atoms. The molecule has 0 aliphatic carbocycles. The predicted molar refractivity (Wildman–Crippen MR) is 96.2 cm³/mol. The van der Waals surface area contributed by atoms with E-state index in [4.69, 9.17) is 18.9 Å². The van der Waals surface area contributed by atoms with E-state index < -0.39 is 0 Å². The highest BCUT2D eigenvalue weighted by Crippen LogP contribution is 2.28. The molecule has 0 saturated carbocycles. The van der Waals surface area contributed by atoms with Gasteiger partial charge in [-0.2, -0.15) is 0 Å². The van der Waals surface area contributed by atoms with Crippen molar-refractivity contribution in [3.8, 4) is 0 Å². The molecule has 2 aromatic rings. The maximum Gasteiger partial charge on any atom is 0.302 e. The minimum absolute atomic E-state index is 0.00843. The smallest absolute Gasteiger partial charge is 0.302 e. The monoisotopic (exact) mass is 356 g/mol. The Bertz CT molecular complexity index is 630. The normalized spacial score (nSPS) is 18.7. The molecule has 0 amide bonds. The number of esters is 1. The third kappa shape index (κ3) is 6.26. The maximum atomic E-state index is 10.9. The topological polar surface area (TPSA) is 57.3 Å². The highest BCUT2D eigenvalue weighted by molar-refractivity contribution is 5.65. The van der Waals surface area contributed by atoms with Crippen LogP contribution in [-0.2, 0) is 37.0 Å². The van der Waals surface area contributed by atoms with Crippen molar-refractivity contribution in [3.05, 3.63) is 71.8 Å². The Morgan fingerprint density at radius 1 is 0.923 bits per heavy atom. The average Bonchev–Trinajstić information content (AvgIpc) is 3.42. The van der Waals surface area contributed by atoms with Gasteiger partial charge in [0, 0.05) is 13.3 Å². The molecule has 1 fully saturated rings. The van der Waals surface area contributed by atoms with Gasteiger partial charge in [0.15, 0.2) is 6.29 Å². The summed E-state index contributed by atoms with van der Waals surface area (Å²) in [6.07, 6.45) is 0.140. The first-order valence-electron chi connectivity index (χ1n) is 8.80. The lowest BCUT2D eigenvalue weighted by Crippen LogP contribution is -2.21. The van der Waals surface area contributed by atoms with E-state index in [0.29, 0.717) is 19.6 Å². The fraction of sp³-hybridized carbons (Fsp3) is 0.381. The molecule has 3 rings (SSSR count). The lowest BCUT2D eigenvalue weighted by atomic mass is 10.2. The van der Waals surface area contributed by atoms with Crippen LogP contribution >= 0.6 is 0 Å². The summed E-state index contributed by atoms with van der Waals surface area (Å²) in [6, 6.07) is 20.0. The highest BCUT2D eigenvalue weighted by atomic mass is 16.7. The predicted octanol–water partition coefficient (Wildman–Crippen LogP) is 3.47. The third-order valence-electron chi connectivity index (χ3n) is 4.12. The first kappa shape index (κ1) is 18.6. The summed E-state index contributed by atoms with van der Waals surface area (Å²) in [6.45, 7) is 2.62. The van der Waals surface area contributed by atoms with Crippen LogP contribution in [0.5, 0.6) is 0 Å². The minimum atomic E-state index is -0.386. The van der Waals surface area contributed by atoms with Crippen molar-refractivity contribution in [1.29, 1.82) is 0 Å². The Balaban J connectivity index is 1.50. The summed E-state index contributed by atoms with van der Waals surface area (Å²) in [7, 11) is 0. The molecule has 0 bridgehead atoms. The zero-order valence-corrected chi connectivity index (χ0v) is 14.9. The molecular weight excluding hydrogens is 332 g/mol. The Labute approximate surface area is 153 Å². The van der Waals surface area contributed by atoms with Gasteiger partial charge in [-0.15, -0.1) is 0 Å². The van der Waals surface area contributed by atoms with Gasteiger partial charge in [0.2, 0.25) is 0 Å². The van der Waals surface area contributed by atoms with Gasteiger partial charge in [0.05, 0.1) is 19.3 Å². The molecule has 1 aliphatic heterocycles. The molecule has 1 saturated heterocycles. The highest BCUT2D eigenvalue weighted by Gasteiger charge is 2.41. The quantitative estimate of drug-likeness (QED) is 0.371. The van der Waals surface area contributed by atoms with Gasteiger partial charge >= 0.3 is 5.97 Å². The molecule has 0 unspecified atom stereocenters. The van der Waals surface area contributed by atoms with Crippen molar-refractivity contribution in [2.75, 3.05) is 6.61 Å². The summed E-state index contributed by atoms with van der Waals surface area (Å²) in [4.78, 5) is 10.9. The van der Waals surface area contributed by atoms with Crippen LogP contribution in [0.4, 0.5) is 0 Å². The number of epoxide rings is 1. The van der Waals surface area contributed by atoms with Crippen LogP contribution in [0.15, 0.2) is 60.7 Å². The number of benzene rings is 2. The van der Waals surface area contributed by atoms with Crippen molar-refractivity contribution in [3.63, 3.8) is 0 Å². The molecule has 0 N–H and O–H groups in total. The third-order valence-corrected chi connectivity index (χ3v) is 4.12. The fourth-order valence-electron chi connectivity index (χ4n) is 2.63. The van der Waals surface area contributed by atoms with Crippen molar-refractivity contribution in [2.24, 2.45) is 0 Å². The largest absolute Gasteiger partial charge is 0.463 e. The number of ether oxygens (including phenoxy) is 4. The lowest BCUT2D eigenvalue weighted by Gasteiger charge is -2.18. The molecule has 1 aliphatic rings. The fourth-order valence-corrected chi connectivity index (χ4v) is 2.63. The number of hydrogen-bond donors (Lipinski definition) is 0. The number of hydrogen-bond acceptors (Lipinski definition) is 5. The standard InChI is InChI=1S/C21H24O5/c1-16(22)23-15-20-19(26-20)12-21(24-13-17-8-4-2-5-9-17)25-14-18-10-6-3-7-11-18/h2-11,19-21H,12-15H2,1H3/t19-,20-/m1/s1. The second-order valence-electron chi connectivity index (χ2n) is 6.27. The Hall–Kier alpha value is -2.21. The summed E-state index contributed by atoms with van der Waals surface area (Å²) < 4.78 is 22.5. The molecular formula is C21H24O5. The zero-order valence-electron chi connectivity index (χ0n) is 14.9. The molecule has 5 heteroatoms. The number of rotatable bonds is 10. The molecule has 2 atom stereocenters. The van der Waals surface area contributed by atoms with E-state index in [-0.39, 0.29) is 31.1 Å². The average molecular weight is 356 g/mol. The first-order valence-corrected chi connectivity index (χ1v) is 8.80. The van der Waals surface area contributed by atoms with Crippen LogP contribution in [-0.4, -0.2) is 31.1 Å². The molecule has 26 heavy (non-hydrogen) atoms. The zero-order chi connectivity index (χ0) is 18.2. The molecule has 0 radical (unpaired) electrons.